The molecule has 0 radical (unpaired) electrons. The highest BCUT2D eigenvalue weighted by molar-refractivity contribution is 6.05. The lowest BCUT2D eigenvalue weighted by Gasteiger charge is -2.07. The number of hydrogen-bond donors (Lipinski definition) is 2. The molecule has 2 aromatic rings. The van der Waals surface area contributed by atoms with Crippen molar-refractivity contribution in [1.29, 1.82) is 0 Å². The van der Waals surface area contributed by atoms with Crippen LogP contribution in [0.25, 0.3) is 0 Å². The van der Waals surface area contributed by atoms with Crippen LogP contribution in [0.4, 0.5) is 10.1 Å². The molecule has 0 aliphatic heterocycles. The molecule has 0 aliphatic carbocycles. The van der Waals surface area contributed by atoms with Gasteiger partial charge in [0.05, 0.1) is 29.6 Å². The number of carbonyl (C=O) groups excluding carboxylic acids is 1. The highest BCUT2D eigenvalue weighted by Gasteiger charge is 2.13. The minimum Gasteiger partial charge on any atom is -0.469 e. The fraction of sp³-hybridized carbons (Fsp3) is 0.133. The molecule has 0 fully saturated rings. The third-order valence-corrected chi connectivity index (χ3v) is 2.66. The number of halogens is 1. The number of hydrogen-bond acceptors (Lipinski definition) is 3. The average Bonchev–Trinajstić information content (AvgIpc) is 2.85. The molecule has 0 saturated heterocycles. The van der Waals surface area contributed by atoms with Crippen molar-refractivity contribution in [2.24, 2.45) is 5.73 Å². The zero-order valence-electron chi connectivity index (χ0n) is 10.9. The van der Waals surface area contributed by atoms with Crippen molar-refractivity contribution in [3.05, 3.63) is 53.2 Å². The first-order valence-electron chi connectivity index (χ1n) is 5.95. The molecule has 0 spiro atoms. The van der Waals surface area contributed by atoms with Crippen LogP contribution in [0, 0.1) is 24.6 Å². The summed E-state index contributed by atoms with van der Waals surface area (Å²) >= 11 is 0. The standard InChI is InChI=1S/C15H13FN2O2/c1-10-13(6-8-20-10)15(19)18-14-5-4-12(16)9-11(14)3-2-7-17/h4-6,8-9H,7,17H2,1H3,(H,18,19). The van der Waals surface area contributed by atoms with Crippen molar-refractivity contribution in [3.8, 4) is 11.8 Å². The summed E-state index contributed by atoms with van der Waals surface area (Å²) in [6, 6.07) is 5.54. The second-order valence-electron chi connectivity index (χ2n) is 4.04. The average molecular weight is 272 g/mol. The Kier molecular flexibility index (Phi) is 4.18. The van der Waals surface area contributed by atoms with E-state index in [-0.39, 0.29) is 12.5 Å². The van der Waals surface area contributed by atoms with Crippen LogP contribution in [0.1, 0.15) is 21.7 Å². The lowest BCUT2D eigenvalue weighted by atomic mass is 10.1. The summed E-state index contributed by atoms with van der Waals surface area (Å²) in [6.45, 7) is 1.85. The Labute approximate surface area is 115 Å². The molecule has 1 aromatic heterocycles. The molecule has 3 N–H and O–H groups in total. The molecular formula is C15H13FN2O2. The van der Waals surface area contributed by atoms with Gasteiger partial charge in [0.15, 0.2) is 0 Å². The van der Waals surface area contributed by atoms with Gasteiger partial charge in [0.1, 0.15) is 11.6 Å². The van der Waals surface area contributed by atoms with E-state index < -0.39 is 5.82 Å². The number of amides is 1. The van der Waals surface area contributed by atoms with E-state index in [0.29, 0.717) is 22.6 Å². The molecule has 5 heteroatoms. The van der Waals surface area contributed by atoms with Gasteiger partial charge in [0, 0.05) is 0 Å². The van der Waals surface area contributed by atoms with Crippen LogP contribution in [0.3, 0.4) is 0 Å². The van der Waals surface area contributed by atoms with Crippen LogP contribution in [0.15, 0.2) is 34.9 Å². The van der Waals surface area contributed by atoms with E-state index in [2.05, 4.69) is 17.2 Å². The summed E-state index contributed by atoms with van der Waals surface area (Å²) in [7, 11) is 0. The highest BCUT2D eigenvalue weighted by Crippen LogP contribution is 2.18. The maximum absolute atomic E-state index is 13.2. The first kappa shape index (κ1) is 13.8. The van der Waals surface area contributed by atoms with Gasteiger partial charge in [0.2, 0.25) is 0 Å². The summed E-state index contributed by atoms with van der Waals surface area (Å²) in [5, 5.41) is 2.68. The molecule has 1 amide bonds. The minimum atomic E-state index is -0.427. The summed E-state index contributed by atoms with van der Waals surface area (Å²) in [5.74, 6) is 5.11. The predicted octanol–water partition coefficient (Wildman–Crippen LogP) is 2.29. The Morgan fingerprint density at radius 1 is 1.45 bits per heavy atom. The SMILES string of the molecule is Cc1occc1C(=O)Nc1ccc(F)cc1C#CCN. The van der Waals surface area contributed by atoms with Crippen LogP contribution in [0.5, 0.6) is 0 Å². The third kappa shape index (κ3) is 3.05. The van der Waals surface area contributed by atoms with E-state index in [1.807, 2.05) is 0 Å². The highest BCUT2D eigenvalue weighted by atomic mass is 19.1. The van der Waals surface area contributed by atoms with E-state index in [9.17, 15) is 9.18 Å². The summed E-state index contributed by atoms with van der Waals surface area (Å²) in [6.07, 6.45) is 1.43. The largest absolute Gasteiger partial charge is 0.469 e. The van der Waals surface area contributed by atoms with Crippen molar-refractivity contribution in [1.82, 2.24) is 0 Å². The monoisotopic (exact) mass is 272 g/mol. The smallest absolute Gasteiger partial charge is 0.259 e. The molecular weight excluding hydrogens is 259 g/mol. The van der Waals surface area contributed by atoms with E-state index in [1.165, 1.54) is 24.5 Å². The van der Waals surface area contributed by atoms with Gasteiger partial charge in [-0.05, 0) is 31.2 Å². The quantitative estimate of drug-likeness (QED) is 0.824. The molecule has 0 saturated carbocycles. The van der Waals surface area contributed by atoms with Crippen molar-refractivity contribution in [3.63, 3.8) is 0 Å². The number of benzene rings is 1. The predicted molar refractivity (Wildman–Crippen MR) is 73.7 cm³/mol. The van der Waals surface area contributed by atoms with Gasteiger partial charge in [-0.3, -0.25) is 4.79 Å². The molecule has 0 aliphatic rings. The van der Waals surface area contributed by atoms with Gasteiger partial charge in [-0.25, -0.2) is 4.39 Å². The van der Waals surface area contributed by atoms with Gasteiger partial charge < -0.3 is 15.5 Å². The molecule has 4 nitrogen and oxygen atoms in total. The van der Waals surface area contributed by atoms with Gasteiger partial charge in [-0.2, -0.15) is 0 Å². The summed E-state index contributed by atoms with van der Waals surface area (Å²) < 4.78 is 18.3. The Hall–Kier alpha value is -2.58. The fourth-order valence-corrected chi connectivity index (χ4v) is 1.69. The van der Waals surface area contributed by atoms with E-state index in [1.54, 1.807) is 13.0 Å². The fourth-order valence-electron chi connectivity index (χ4n) is 1.69. The first-order valence-corrected chi connectivity index (χ1v) is 5.95. The van der Waals surface area contributed by atoms with Crippen LogP contribution in [-0.2, 0) is 0 Å². The number of anilines is 1. The number of aryl methyl sites for hydroxylation is 1. The van der Waals surface area contributed by atoms with Crippen molar-refractivity contribution in [2.45, 2.75) is 6.92 Å². The van der Waals surface area contributed by atoms with Crippen molar-refractivity contribution >= 4 is 11.6 Å². The number of carbonyl (C=O) groups is 1. The molecule has 2 rings (SSSR count). The summed E-state index contributed by atoms with van der Waals surface area (Å²) in [4.78, 5) is 12.1. The first-order chi connectivity index (χ1) is 9.61. The normalized spacial score (nSPS) is 9.75. The molecule has 0 atom stereocenters. The van der Waals surface area contributed by atoms with E-state index in [4.69, 9.17) is 10.2 Å². The number of nitrogens with two attached hydrogens (primary N) is 1. The van der Waals surface area contributed by atoms with Crippen LogP contribution in [-0.4, -0.2) is 12.5 Å². The maximum atomic E-state index is 13.2. The van der Waals surface area contributed by atoms with E-state index in [0.717, 1.165) is 0 Å². The lowest BCUT2D eigenvalue weighted by molar-refractivity contribution is 0.102. The Bertz CT molecular complexity index is 695. The third-order valence-electron chi connectivity index (χ3n) is 2.66. The minimum absolute atomic E-state index is 0.157. The molecule has 1 heterocycles. The van der Waals surface area contributed by atoms with Crippen LogP contribution >= 0.6 is 0 Å². The number of nitrogens with one attached hydrogen (secondary N) is 1. The lowest BCUT2D eigenvalue weighted by Crippen LogP contribution is -2.13. The Morgan fingerprint density at radius 2 is 2.25 bits per heavy atom. The zero-order valence-corrected chi connectivity index (χ0v) is 10.9. The van der Waals surface area contributed by atoms with Gasteiger partial charge in [0.25, 0.3) is 5.91 Å². The topological polar surface area (TPSA) is 68.3 Å². The molecule has 102 valence electrons. The van der Waals surface area contributed by atoms with Crippen LogP contribution in [0.2, 0.25) is 0 Å². The van der Waals surface area contributed by atoms with Gasteiger partial charge in [-0.1, -0.05) is 11.8 Å². The van der Waals surface area contributed by atoms with Crippen molar-refractivity contribution < 1.29 is 13.6 Å². The zero-order chi connectivity index (χ0) is 14.5. The number of rotatable bonds is 2. The Balaban J connectivity index is 2.29. The number of furan rings is 1. The Morgan fingerprint density at radius 3 is 2.90 bits per heavy atom. The second-order valence-corrected chi connectivity index (χ2v) is 4.04. The second kappa shape index (κ2) is 6.04. The maximum Gasteiger partial charge on any atom is 0.259 e. The van der Waals surface area contributed by atoms with Crippen LogP contribution < -0.4 is 11.1 Å². The van der Waals surface area contributed by atoms with E-state index >= 15 is 0 Å². The summed E-state index contributed by atoms with van der Waals surface area (Å²) in [5.41, 5.74) is 6.53. The molecule has 0 unspecified atom stereocenters. The van der Waals surface area contributed by atoms with Crippen molar-refractivity contribution in [2.75, 3.05) is 11.9 Å². The molecule has 1 aromatic carbocycles. The van der Waals surface area contributed by atoms with Gasteiger partial charge >= 0.3 is 0 Å². The molecule has 0 bridgehead atoms. The molecule has 20 heavy (non-hydrogen) atoms. The van der Waals surface area contributed by atoms with Gasteiger partial charge in [-0.15, -0.1) is 0 Å².